The molecule has 3 rings (SSSR count). The van der Waals surface area contributed by atoms with Crippen LogP contribution in [0.25, 0.3) is 0 Å². The molecule has 1 saturated heterocycles. The predicted molar refractivity (Wildman–Crippen MR) is 154 cm³/mol. The number of guanidine groups is 1. The maximum absolute atomic E-state index is 13.2. The third kappa shape index (κ3) is 9.03. The number of nitrogens with zero attached hydrogens (tertiary/aromatic N) is 3. The molecular weight excluding hydrogens is 586 g/mol. The zero-order valence-corrected chi connectivity index (χ0v) is 23.9. The number of amides is 2. The number of anilines is 1. The zero-order chi connectivity index (χ0) is 32.7. The van der Waals surface area contributed by atoms with Crippen LogP contribution in [-0.4, -0.2) is 128 Å². The SMILES string of the molecule is NC(N)=NCCC[C@@H](NC(=O)Cn1ccc(N)nc1=O)C(=O)NC[C@H]1O[C@H](OC2C(N)CC(N)C(O)C2O)[C@H](N)[C@@H](O)[C@@H]1O. The summed E-state index contributed by atoms with van der Waals surface area (Å²) in [6, 6.07) is -2.66. The Bertz CT molecular complexity index is 1220. The van der Waals surface area contributed by atoms with Crippen molar-refractivity contribution in [3.05, 3.63) is 22.7 Å². The van der Waals surface area contributed by atoms with E-state index in [9.17, 15) is 34.8 Å². The maximum Gasteiger partial charge on any atom is 0.349 e. The Hall–Kier alpha value is -3.47. The quantitative estimate of drug-likeness (QED) is 0.0580. The van der Waals surface area contributed by atoms with Crippen LogP contribution in [0.15, 0.2) is 22.1 Å². The van der Waals surface area contributed by atoms with Gasteiger partial charge in [0.15, 0.2) is 12.2 Å². The first-order valence-corrected chi connectivity index (χ1v) is 13.9. The van der Waals surface area contributed by atoms with E-state index < -0.39 is 91.1 Å². The fraction of sp³-hybridized carbons (Fsp3) is 0.708. The van der Waals surface area contributed by atoms with Gasteiger partial charge in [-0.15, -0.1) is 0 Å². The van der Waals surface area contributed by atoms with Crippen molar-refractivity contribution in [2.75, 3.05) is 18.8 Å². The zero-order valence-electron chi connectivity index (χ0n) is 23.9. The summed E-state index contributed by atoms with van der Waals surface area (Å²) in [5, 5.41) is 46.8. The molecule has 2 heterocycles. The molecule has 44 heavy (non-hydrogen) atoms. The Balaban J connectivity index is 1.66. The van der Waals surface area contributed by atoms with E-state index in [1.807, 2.05) is 0 Å². The van der Waals surface area contributed by atoms with Crippen LogP contribution in [0, 0.1) is 0 Å². The summed E-state index contributed by atoms with van der Waals surface area (Å²) in [6.45, 7) is -0.657. The number of nitrogen functional groups attached to an aromatic ring is 1. The van der Waals surface area contributed by atoms with Gasteiger partial charge in [-0.25, -0.2) is 4.79 Å². The van der Waals surface area contributed by atoms with Crippen LogP contribution in [0.1, 0.15) is 19.3 Å². The number of aromatic nitrogens is 2. The molecule has 0 bridgehead atoms. The standard InChI is InChI=1S/C24H43N11O9/c25-9-6-10(26)20(19(40)16(9)37)44-22-15(28)18(39)17(38)12(43-22)7-32-21(41)11(2-1-4-31-23(29)30)33-14(36)8-35-5-3-13(27)34-24(35)42/h3,5,9-12,15-20,22,37-40H,1-2,4,6-8,25-26,28H2,(H,32,41)(H,33,36)(H2,27,34,42)(H4,29,30,31)/t9?,10?,11-,12-,15-,16?,17-,18-,19?,20?,22-/m1/s1. The van der Waals surface area contributed by atoms with Crippen molar-refractivity contribution < 1.29 is 39.5 Å². The van der Waals surface area contributed by atoms with E-state index in [0.717, 1.165) is 4.57 Å². The molecule has 20 nitrogen and oxygen atoms in total. The molecule has 248 valence electrons. The van der Waals surface area contributed by atoms with Crippen molar-refractivity contribution in [3.63, 3.8) is 0 Å². The molecule has 1 aliphatic carbocycles. The molecule has 0 aromatic carbocycles. The fourth-order valence-electron chi connectivity index (χ4n) is 4.92. The second-order valence-corrected chi connectivity index (χ2v) is 10.8. The molecule has 0 radical (unpaired) electrons. The Kier molecular flexibility index (Phi) is 12.3. The van der Waals surface area contributed by atoms with Crippen LogP contribution in [-0.2, 0) is 25.6 Å². The van der Waals surface area contributed by atoms with E-state index in [1.165, 1.54) is 12.3 Å². The maximum atomic E-state index is 13.2. The minimum absolute atomic E-state index is 0.0194. The molecule has 2 aliphatic rings. The summed E-state index contributed by atoms with van der Waals surface area (Å²) < 4.78 is 12.5. The average Bonchev–Trinajstić information content (AvgIpc) is 2.96. The van der Waals surface area contributed by atoms with Gasteiger partial charge in [0.05, 0.1) is 12.1 Å². The number of aliphatic hydroxyl groups excluding tert-OH is 4. The third-order valence-corrected chi connectivity index (χ3v) is 7.42. The van der Waals surface area contributed by atoms with E-state index in [4.69, 9.17) is 43.9 Å². The van der Waals surface area contributed by atoms with E-state index in [1.54, 1.807) is 0 Å². The number of aliphatic hydroxyl groups is 4. The van der Waals surface area contributed by atoms with Gasteiger partial charge in [-0.3, -0.25) is 19.1 Å². The Morgan fingerprint density at radius 1 is 1.11 bits per heavy atom. The number of nitrogens with two attached hydrogens (primary N) is 6. The molecule has 2 amide bonds. The summed E-state index contributed by atoms with van der Waals surface area (Å²) in [5.41, 5.74) is 33.2. The molecular formula is C24H43N11O9. The highest BCUT2D eigenvalue weighted by atomic mass is 16.7. The van der Waals surface area contributed by atoms with Crippen molar-refractivity contribution in [2.24, 2.45) is 33.7 Å². The smallest absolute Gasteiger partial charge is 0.349 e. The molecule has 1 saturated carbocycles. The van der Waals surface area contributed by atoms with Gasteiger partial charge in [0.25, 0.3) is 0 Å². The minimum atomic E-state index is -1.57. The van der Waals surface area contributed by atoms with Crippen LogP contribution in [0.4, 0.5) is 5.82 Å². The van der Waals surface area contributed by atoms with Gasteiger partial charge in [0.1, 0.15) is 48.9 Å². The molecule has 1 aliphatic heterocycles. The molecule has 2 fully saturated rings. The summed E-state index contributed by atoms with van der Waals surface area (Å²) in [5.74, 6) is -1.55. The lowest BCUT2D eigenvalue weighted by atomic mass is 9.84. The van der Waals surface area contributed by atoms with Gasteiger partial charge >= 0.3 is 5.69 Å². The van der Waals surface area contributed by atoms with Crippen molar-refractivity contribution in [1.29, 1.82) is 0 Å². The summed E-state index contributed by atoms with van der Waals surface area (Å²) in [4.78, 5) is 45.3. The number of aliphatic imine (C=N–C) groups is 1. The van der Waals surface area contributed by atoms with Crippen molar-refractivity contribution in [1.82, 2.24) is 20.2 Å². The molecule has 0 spiro atoms. The van der Waals surface area contributed by atoms with E-state index >= 15 is 0 Å². The number of rotatable bonds is 12. The highest BCUT2D eigenvalue weighted by molar-refractivity contribution is 5.87. The summed E-state index contributed by atoms with van der Waals surface area (Å²) >= 11 is 0. The lowest BCUT2D eigenvalue weighted by Crippen LogP contribution is -2.67. The average molecular weight is 630 g/mol. The molecule has 5 unspecified atom stereocenters. The molecule has 20 heteroatoms. The fourth-order valence-corrected chi connectivity index (χ4v) is 4.92. The number of carbonyl (C=O) groups is 2. The van der Waals surface area contributed by atoms with E-state index in [2.05, 4.69) is 20.6 Å². The van der Waals surface area contributed by atoms with Gasteiger partial charge in [0.2, 0.25) is 11.8 Å². The third-order valence-electron chi connectivity index (χ3n) is 7.42. The van der Waals surface area contributed by atoms with Crippen LogP contribution in [0.5, 0.6) is 0 Å². The summed E-state index contributed by atoms with van der Waals surface area (Å²) in [6.07, 6.45) is -7.98. The minimum Gasteiger partial charge on any atom is -0.389 e. The number of nitrogens with one attached hydrogen (secondary N) is 2. The highest BCUT2D eigenvalue weighted by Gasteiger charge is 2.48. The molecule has 18 N–H and O–H groups in total. The number of ether oxygens (including phenoxy) is 2. The number of carbonyl (C=O) groups excluding carboxylic acids is 2. The second kappa shape index (κ2) is 15.5. The Labute approximate surface area is 251 Å². The summed E-state index contributed by atoms with van der Waals surface area (Å²) in [7, 11) is 0. The monoisotopic (exact) mass is 629 g/mol. The van der Waals surface area contributed by atoms with E-state index in [0.29, 0.717) is 0 Å². The van der Waals surface area contributed by atoms with E-state index in [-0.39, 0.29) is 44.1 Å². The molecule has 1 aromatic rings. The second-order valence-electron chi connectivity index (χ2n) is 10.8. The first-order chi connectivity index (χ1) is 20.7. The lowest BCUT2D eigenvalue weighted by molar-refractivity contribution is -0.288. The van der Waals surface area contributed by atoms with Crippen LogP contribution in [0.3, 0.4) is 0 Å². The van der Waals surface area contributed by atoms with Crippen molar-refractivity contribution in [3.8, 4) is 0 Å². The normalized spacial score (nSPS) is 32.8. The van der Waals surface area contributed by atoms with Crippen LogP contribution >= 0.6 is 0 Å². The van der Waals surface area contributed by atoms with Crippen LogP contribution < -0.4 is 50.7 Å². The van der Waals surface area contributed by atoms with Gasteiger partial charge in [-0.05, 0) is 25.3 Å². The van der Waals surface area contributed by atoms with Gasteiger partial charge in [0, 0.05) is 31.4 Å². The van der Waals surface area contributed by atoms with Crippen molar-refractivity contribution in [2.45, 2.75) is 92.9 Å². The topological polar surface area (TPSA) is 361 Å². The Morgan fingerprint density at radius 3 is 2.48 bits per heavy atom. The highest BCUT2D eigenvalue weighted by Crippen LogP contribution is 2.27. The van der Waals surface area contributed by atoms with Gasteiger partial charge in [-0.2, -0.15) is 4.98 Å². The van der Waals surface area contributed by atoms with Gasteiger partial charge in [-0.1, -0.05) is 0 Å². The molecule has 11 atom stereocenters. The predicted octanol–water partition coefficient (Wildman–Crippen LogP) is -7.58. The Morgan fingerprint density at radius 2 is 1.82 bits per heavy atom. The number of hydrogen-bond acceptors (Lipinski definition) is 15. The lowest BCUT2D eigenvalue weighted by Gasteiger charge is -2.46. The van der Waals surface area contributed by atoms with Crippen LogP contribution in [0.2, 0.25) is 0 Å². The first-order valence-electron chi connectivity index (χ1n) is 13.9. The largest absolute Gasteiger partial charge is 0.389 e. The molecule has 1 aromatic heterocycles. The first kappa shape index (κ1) is 35.0. The number of hydrogen-bond donors (Lipinski definition) is 12. The van der Waals surface area contributed by atoms with Gasteiger partial charge < -0.3 is 74.9 Å². The van der Waals surface area contributed by atoms with Crippen molar-refractivity contribution >= 4 is 23.6 Å².